The second-order valence-electron chi connectivity index (χ2n) is 6.09. The summed E-state index contributed by atoms with van der Waals surface area (Å²) in [4.78, 5) is 0. The summed E-state index contributed by atoms with van der Waals surface area (Å²) in [7, 11) is 0. The largest absolute Gasteiger partial charge is 0.376 e. The Balaban J connectivity index is 1.76. The average Bonchev–Trinajstić information content (AvgIpc) is 2.98. The number of fused-ring (bicyclic) bond motifs is 3. The van der Waals surface area contributed by atoms with Crippen LogP contribution in [-0.4, -0.2) is 11.2 Å². The van der Waals surface area contributed by atoms with Crippen molar-refractivity contribution in [2.24, 2.45) is 5.92 Å². The van der Waals surface area contributed by atoms with Crippen LogP contribution in [0.4, 0.5) is 5.69 Å². The monoisotopic (exact) mass is 282 g/mol. The molecule has 3 atom stereocenters. The van der Waals surface area contributed by atoms with Crippen LogP contribution in [0.2, 0.25) is 0 Å². The highest BCUT2D eigenvalue weighted by atomic mass is 16.5. The van der Waals surface area contributed by atoms with Crippen molar-refractivity contribution in [3.8, 4) is 0 Å². The number of aromatic nitrogens is 1. The van der Waals surface area contributed by atoms with Gasteiger partial charge in [0.15, 0.2) is 0 Å². The second-order valence-corrected chi connectivity index (χ2v) is 6.09. The number of benzene rings is 1. The molecule has 2 aliphatic rings. The van der Waals surface area contributed by atoms with Crippen LogP contribution in [0, 0.1) is 5.92 Å². The van der Waals surface area contributed by atoms with E-state index in [1.807, 2.05) is 0 Å². The van der Waals surface area contributed by atoms with Gasteiger partial charge in [-0.2, -0.15) is 0 Å². The van der Waals surface area contributed by atoms with E-state index in [-0.39, 0.29) is 6.10 Å². The molecule has 1 aromatic carbocycles. The second kappa shape index (κ2) is 5.23. The highest BCUT2D eigenvalue weighted by Crippen LogP contribution is 2.49. The van der Waals surface area contributed by atoms with Crippen molar-refractivity contribution in [2.75, 3.05) is 11.9 Å². The smallest absolute Gasteiger partial charge is 0.0910 e. The predicted octanol–water partition coefficient (Wildman–Crippen LogP) is 4.14. The number of aryl methyl sites for hydroxylation is 1. The summed E-state index contributed by atoms with van der Waals surface area (Å²) in [6.07, 6.45) is 7.11. The van der Waals surface area contributed by atoms with Gasteiger partial charge < -0.3 is 14.6 Å². The number of nitrogens with one attached hydrogen (secondary N) is 1. The van der Waals surface area contributed by atoms with Gasteiger partial charge >= 0.3 is 0 Å². The third-order valence-corrected chi connectivity index (χ3v) is 4.85. The Morgan fingerprint density at radius 3 is 2.90 bits per heavy atom. The number of rotatable bonds is 2. The molecule has 1 saturated heterocycles. The summed E-state index contributed by atoms with van der Waals surface area (Å²) in [5.41, 5.74) is 3.95. The molecule has 0 bridgehead atoms. The molecule has 0 amide bonds. The van der Waals surface area contributed by atoms with E-state index in [1.54, 1.807) is 0 Å². The molecular formula is C18H22N2O. The third-order valence-electron chi connectivity index (χ3n) is 4.85. The summed E-state index contributed by atoms with van der Waals surface area (Å²) in [6.45, 7) is 4.07. The zero-order valence-electron chi connectivity index (χ0n) is 12.5. The van der Waals surface area contributed by atoms with Crippen LogP contribution in [0.5, 0.6) is 0 Å². The molecule has 4 rings (SSSR count). The molecule has 2 aromatic rings. The van der Waals surface area contributed by atoms with E-state index >= 15 is 0 Å². The van der Waals surface area contributed by atoms with E-state index in [9.17, 15) is 0 Å². The maximum absolute atomic E-state index is 6.16. The van der Waals surface area contributed by atoms with E-state index in [1.165, 1.54) is 23.2 Å². The normalized spacial score (nSPS) is 27.6. The lowest BCUT2D eigenvalue weighted by molar-refractivity contribution is -0.0380. The van der Waals surface area contributed by atoms with Crippen LogP contribution in [-0.2, 0) is 11.3 Å². The van der Waals surface area contributed by atoms with Gasteiger partial charge in [0.1, 0.15) is 0 Å². The van der Waals surface area contributed by atoms with Crippen molar-refractivity contribution in [1.82, 2.24) is 4.57 Å². The minimum atomic E-state index is 0.244. The molecule has 1 fully saturated rings. The summed E-state index contributed by atoms with van der Waals surface area (Å²) in [5.74, 6) is 0.529. The first-order chi connectivity index (χ1) is 10.4. The van der Waals surface area contributed by atoms with Gasteiger partial charge in [0, 0.05) is 37.0 Å². The van der Waals surface area contributed by atoms with Gasteiger partial charge in [0.2, 0.25) is 0 Å². The van der Waals surface area contributed by atoms with Gasteiger partial charge in [-0.25, -0.2) is 0 Å². The minimum Gasteiger partial charge on any atom is -0.376 e. The Morgan fingerprint density at radius 1 is 1.24 bits per heavy atom. The lowest BCUT2D eigenvalue weighted by atomic mass is 9.78. The fourth-order valence-electron chi connectivity index (χ4n) is 3.79. The molecule has 0 spiro atoms. The Labute approximate surface area is 125 Å². The van der Waals surface area contributed by atoms with Crippen molar-refractivity contribution in [3.63, 3.8) is 0 Å². The topological polar surface area (TPSA) is 26.2 Å². The molecule has 3 unspecified atom stereocenters. The SMILES string of the molecule is CCn1cc2c(c1)C1OCCCC1C(c1ccccc1)N2. The van der Waals surface area contributed by atoms with Crippen LogP contribution in [0.3, 0.4) is 0 Å². The zero-order valence-corrected chi connectivity index (χ0v) is 12.5. The predicted molar refractivity (Wildman–Crippen MR) is 84.3 cm³/mol. The summed E-state index contributed by atoms with van der Waals surface area (Å²) >= 11 is 0. The van der Waals surface area contributed by atoms with Crippen LogP contribution in [0.25, 0.3) is 0 Å². The molecular weight excluding hydrogens is 260 g/mol. The van der Waals surface area contributed by atoms with Gasteiger partial charge in [-0.05, 0) is 25.3 Å². The first kappa shape index (κ1) is 13.0. The maximum atomic E-state index is 6.16. The van der Waals surface area contributed by atoms with Gasteiger partial charge in [-0.15, -0.1) is 0 Å². The van der Waals surface area contributed by atoms with Crippen molar-refractivity contribution in [1.29, 1.82) is 0 Å². The first-order valence-corrected chi connectivity index (χ1v) is 7.99. The van der Waals surface area contributed by atoms with Gasteiger partial charge in [0.25, 0.3) is 0 Å². The molecule has 1 aromatic heterocycles. The molecule has 0 saturated carbocycles. The Bertz CT molecular complexity index is 619. The van der Waals surface area contributed by atoms with Gasteiger partial charge in [0.05, 0.1) is 17.8 Å². The Morgan fingerprint density at radius 2 is 2.10 bits per heavy atom. The molecule has 0 radical (unpaired) electrons. The molecule has 110 valence electrons. The van der Waals surface area contributed by atoms with E-state index < -0.39 is 0 Å². The fourth-order valence-corrected chi connectivity index (χ4v) is 3.79. The quantitative estimate of drug-likeness (QED) is 0.896. The lowest BCUT2D eigenvalue weighted by Gasteiger charge is -2.42. The van der Waals surface area contributed by atoms with Crippen molar-refractivity contribution >= 4 is 5.69 Å². The molecule has 2 aliphatic heterocycles. The van der Waals surface area contributed by atoms with Crippen LogP contribution < -0.4 is 5.32 Å². The highest BCUT2D eigenvalue weighted by molar-refractivity contribution is 5.56. The average molecular weight is 282 g/mol. The van der Waals surface area contributed by atoms with Gasteiger partial charge in [-0.1, -0.05) is 30.3 Å². The highest BCUT2D eigenvalue weighted by Gasteiger charge is 2.40. The molecule has 1 N–H and O–H groups in total. The molecule has 21 heavy (non-hydrogen) atoms. The zero-order chi connectivity index (χ0) is 14.2. The number of ether oxygens (including phenoxy) is 1. The molecule has 3 heteroatoms. The molecule has 3 nitrogen and oxygen atoms in total. The summed E-state index contributed by atoms with van der Waals surface area (Å²) in [6, 6.07) is 11.2. The molecule has 3 heterocycles. The van der Waals surface area contributed by atoms with E-state index in [0.29, 0.717) is 12.0 Å². The Kier molecular flexibility index (Phi) is 3.23. The van der Waals surface area contributed by atoms with Crippen LogP contribution in [0.1, 0.15) is 43.0 Å². The van der Waals surface area contributed by atoms with Crippen LogP contribution >= 0.6 is 0 Å². The Hall–Kier alpha value is -1.74. The maximum Gasteiger partial charge on any atom is 0.0910 e. The van der Waals surface area contributed by atoms with Crippen molar-refractivity contribution < 1.29 is 4.74 Å². The number of nitrogens with zero attached hydrogens (tertiary/aromatic N) is 1. The fraction of sp³-hybridized carbons (Fsp3) is 0.444. The van der Waals surface area contributed by atoms with Gasteiger partial charge in [-0.3, -0.25) is 0 Å². The first-order valence-electron chi connectivity index (χ1n) is 7.99. The van der Waals surface area contributed by atoms with Crippen molar-refractivity contribution in [3.05, 3.63) is 53.9 Å². The number of anilines is 1. The lowest BCUT2D eigenvalue weighted by Crippen LogP contribution is -2.35. The minimum absolute atomic E-state index is 0.244. The standard InChI is InChI=1S/C18H22N2O/c1-2-20-11-15-16(12-20)19-17(13-7-4-3-5-8-13)14-9-6-10-21-18(14)15/h3-5,7-8,11-12,14,17-19H,2,6,9-10H2,1H3. The van der Waals surface area contributed by atoms with E-state index in [0.717, 1.165) is 19.6 Å². The summed E-state index contributed by atoms with van der Waals surface area (Å²) in [5, 5.41) is 3.77. The number of hydrogen-bond donors (Lipinski definition) is 1. The van der Waals surface area contributed by atoms with Crippen molar-refractivity contribution in [2.45, 2.75) is 38.5 Å². The third kappa shape index (κ3) is 2.16. The van der Waals surface area contributed by atoms with E-state index in [2.05, 4.69) is 59.5 Å². The van der Waals surface area contributed by atoms with E-state index in [4.69, 9.17) is 4.74 Å². The van der Waals surface area contributed by atoms with Crippen LogP contribution in [0.15, 0.2) is 42.7 Å². The summed E-state index contributed by atoms with van der Waals surface area (Å²) < 4.78 is 8.41. The molecule has 0 aliphatic carbocycles. The number of hydrogen-bond acceptors (Lipinski definition) is 2.